The zero-order valence-corrected chi connectivity index (χ0v) is 8.40. The van der Waals surface area contributed by atoms with Gasteiger partial charge >= 0.3 is 5.97 Å². The molecule has 0 aliphatic rings. The van der Waals surface area contributed by atoms with Crippen LogP contribution in [0.1, 0.15) is 16.1 Å². The number of H-pyrrole nitrogens is 1. The maximum atomic E-state index is 11.3. The minimum Gasteiger partial charge on any atom is -0.465 e. The molecule has 0 bridgehead atoms. The van der Waals surface area contributed by atoms with Crippen molar-refractivity contribution in [3.05, 3.63) is 29.8 Å². The number of methoxy groups -OCH3 is 1. The number of furan rings is 1. The fourth-order valence-corrected chi connectivity index (χ4v) is 1.32. The molecule has 2 aromatic heterocycles. The van der Waals surface area contributed by atoms with Crippen molar-refractivity contribution in [1.82, 2.24) is 10.2 Å². The van der Waals surface area contributed by atoms with Crippen LogP contribution < -0.4 is 0 Å². The molecule has 0 spiro atoms. The van der Waals surface area contributed by atoms with E-state index in [-0.39, 0.29) is 0 Å². The van der Waals surface area contributed by atoms with E-state index in [0.717, 1.165) is 5.56 Å². The minimum absolute atomic E-state index is 0.397. The normalized spacial score (nSPS) is 10.3. The van der Waals surface area contributed by atoms with Crippen LogP contribution in [0.4, 0.5) is 0 Å². The first-order chi connectivity index (χ1) is 7.22. The maximum Gasteiger partial charge on any atom is 0.341 e. The zero-order valence-electron chi connectivity index (χ0n) is 8.40. The van der Waals surface area contributed by atoms with Gasteiger partial charge in [-0.2, -0.15) is 5.10 Å². The fourth-order valence-electron chi connectivity index (χ4n) is 1.32. The Hall–Kier alpha value is -2.04. The Bertz CT molecular complexity index is 471. The summed E-state index contributed by atoms with van der Waals surface area (Å²) < 4.78 is 10.0. The van der Waals surface area contributed by atoms with Gasteiger partial charge in [0.05, 0.1) is 18.9 Å². The lowest BCUT2D eigenvalue weighted by Crippen LogP contribution is -2.00. The average Bonchev–Trinajstić information content (AvgIpc) is 2.84. The van der Waals surface area contributed by atoms with Gasteiger partial charge < -0.3 is 9.15 Å². The number of nitrogens with zero attached hydrogens (tertiary/aromatic N) is 1. The predicted molar refractivity (Wildman–Crippen MR) is 52.4 cm³/mol. The number of hydrogen-bond donors (Lipinski definition) is 1. The molecule has 5 heteroatoms. The number of carbonyl (C=O) groups excluding carboxylic acids is 1. The van der Waals surface area contributed by atoms with Crippen LogP contribution in [0.15, 0.2) is 22.9 Å². The molecule has 0 aliphatic carbocycles. The van der Waals surface area contributed by atoms with E-state index in [1.54, 1.807) is 25.4 Å². The predicted octanol–water partition coefficient (Wildman–Crippen LogP) is 1.76. The van der Waals surface area contributed by atoms with E-state index in [9.17, 15) is 4.79 Å². The van der Waals surface area contributed by atoms with Gasteiger partial charge in [-0.1, -0.05) is 0 Å². The first-order valence-electron chi connectivity index (χ1n) is 4.40. The summed E-state index contributed by atoms with van der Waals surface area (Å²) in [4.78, 5) is 11.3. The molecule has 0 unspecified atom stereocenters. The van der Waals surface area contributed by atoms with Gasteiger partial charge in [-0.15, -0.1) is 0 Å². The molecule has 0 radical (unpaired) electrons. The number of aromatic amines is 1. The largest absolute Gasteiger partial charge is 0.465 e. The SMILES string of the molecule is COC(=O)c1cc(-c2cn[nH]c2)oc1C. The summed E-state index contributed by atoms with van der Waals surface area (Å²) >= 11 is 0. The lowest BCUT2D eigenvalue weighted by atomic mass is 10.2. The molecule has 15 heavy (non-hydrogen) atoms. The summed E-state index contributed by atoms with van der Waals surface area (Å²) in [5.41, 5.74) is 1.24. The van der Waals surface area contributed by atoms with Crippen LogP contribution >= 0.6 is 0 Å². The van der Waals surface area contributed by atoms with Crippen LogP contribution in [0.3, 0.4) is 0 Å². The molecule has 5 nitrogen and oxygen atoms in total. The number of esters is 1. The van der Waals surface area contributed by atoms with Gasteiger partial charge in [0, 0.05) is 6.20 Å². The maximum absolute atomic E-state index is 11.3. The van der Waals surface area contributed by atoms with Crippen LogP contribution in [0, 0.1) is 6.92 Å². The van der Waals surface area contributed by atoms with Crippen LogP contribution in [-0.4, -0.2) is 23.3 Å². The highest BCUT2D eigenvalue weighted by Gasteiger charge is 2.16. The molecule has 0 saturated carbocycles. The molecule has 0 fully saturated rings. The highest BCUT2D eigenvalue weighted by atomic mass is 16.5. The van der Waals surface area contributed by atoms with Crippen LogP contribution in [0.2, 0.25) is 0 Å². The molecule has 0 saturated heterocycles. The zero-order chi connectivity index (χ0) is 10.8. The Kier molecular flexibility index (Phi) is 2.29. The monoisotopic (exact) mass is 206 g/mol. The van der Waals surface area contributed by atoms with E-state index >= 15 is 0 Å². The van der Waals surface area contributed by atoms with Gasteiger partial charge in [-0.05, 0) is 13.0 Å². The Morgan fingerprint density at radius 2 is 2.40 bits per heavy atom. The van der Waals surface area contributed by atoms with E-state index in [0.29, 0.717) is 17.1 Å². The van der Waals surface area contributed by atoms with Crippen molar-refractivity contribution in [3.8, 4) is 11.3 Å². The second-order valence-electron chi connectivity index (χ2n) is 3.06. The summed E-state index contributed by atoms with van der Waals surface area (Å²) in [7, 11) is 1.34. The summed E-state index contributed by atoms with van der Waals surface area (Å²) in [6.07, 6.45) is 3.32. The molecule has 1 N–H and O–H groups in total. The van der Waals surface area contributed by atoms with Crippen molar-refractivity contribution >= 4 is 5.97 Å². The number of aryl methyl sites for hydroxylation is 1. The van der Waals surface area contributed by atoms with Crippen molar-refractivity contribution < 1.29 is 13.9 Å². The minimum atomic E-state index is -0.397. The Balaban J connectivity index is 2.41. The van der Waals surface area contributed by atoms with Gasteiger partial charge in [0.25, 0.3) is 0 Å². The Morgan fingerprint density at radius 1 is 1.60 bits per heavy atom. The van der Waals surface area contributed by atoms with Gasteiger partial charge in [-0.25, -0.2) is 4.79 Å². The number of nitrogens with one attached hydrogen (secondary N) is 1. The summed E-state index contributed by atoms with van der Waals surface area (Å²) in [5, 5.41) is 6.48. The second kappa shape index (κ2) is 3.61. The lowest BCUT2D eigenvalue weighted by molar-refractivity contribution is 0.0599. The molecular weight excluding hydrogens is 196 g/mol. The van der Waals surface area contributed by atoms with Crippen molar-refractivity contribution in [2.24, 2.45) is 0 Å². The first-order valence-corrected chi connectivity index (χ1v) is 4.40. The molecule has 0 atom stereocenters. The van der Waals surface area contributed by atoms with Crippen LogP contribution in [-0.2, 0) is 4.74 Å². The van der Waals surface area contributed by atoms with Gasteiger partial charge in [-0.3, -0.25) is 5.10 Å². The first kappa shape index (κ1) is 9.51. The Morgan fingerprint density at radius 3 is 3.00 bits per heavy atom. The summed E-state index contributed by atoms with van der Waals surface area (Å²) in [6.45, 7) is 1.72. The molecule has 2 rings (SSSR count). The molecule has 0 aliphatic heterocycles. The summed E-state index contributed by atoms with van der Waals surface area (Å²) in [5.74, 6) is 0.741. The summed E-state index contributed by atoms with van der Waals surface area (Å²) in [6, 6.07) is 1.64. The number of rotatable bonds is 2. The number of carbonyl (C=O) groups is 1. The van der Waals surface area contributed by atoms with E-state index in [4.69, 9.17) is 4.42 Å². The van der Waals surface area contributed by atoms with E-state index in [1.807, 2.05) is 0 Å². The number of ether oxygens (including phenoxy) is 1. The van der Waals surface area contributed by atoms with Crippen LogP contribution in [0.25, 0.3) is 11.3 Å². The third kappa shape index (κ3) is 1.63. The fraction of sp³-hybridized carbons (Fsp3) is 0.200. The highest BCUT2D eigenvalue weighted by Crippen LogP contribution is 2.24. The van der Waals surface area contributed by atoms with Crippen molar-refractivity contribution in [2.45, 2.75) is 6.92 Å². The topological polar surface area (TPSA) is 68.1 Å². The molecule has 78 valence electrons. The van der Waals surface area contributed by atoms with Crippen LogP contribution in [0.5, 0.6) is 0 Å². The smallest absolute Gasteiger partial charge is 0.341 e. The van der Waals surface area contributed by atoms with Gasteiger partial charge in [0.2, 0.25) is 0 Å². The van der Waals surface area contributed by atoms with Gasteiger partial charge in [0.15, 0.2) is 0 Å². The van der Waals surface area contributed by atoms with Crippen molar-refractivity contribution in [2.75, 3.05) is 7.11 Å². The third-order valence-electron chi connectivity index (χ3n) is 2.11. The molecule has 2 heterocycles. The Labute approximate surface area is 86.0 Å². The van der Waals surface area contributed by atoms with E-state index in [2.05, 4.69) is 14.9 Å². The third-order valence-corrected chi connectivity index (χ3v) is 2.11. The quantitative estimate of drug-likeness (QED) is 0.760. The van der Waals surface area contributed by atoms with Crippen molar-refractivity contribution in [3.63, 3.8) is 0 Å². The number of hydrogen-bond acceptors (Lipinski definition) is 4. The molecule has 2 aromatic rings. The highest BCUT2D eigenvalue weighted by molar-refractivity contribution is 5.91. The standard InChI is InChI=1S/C10H10N2O3/c1-6-8(10(13)14-2)3-9(15-6)7-4-11-12-5-7/h3-5H,1-2H3,(H,11,12). The van der Waals surface area contributed by atoms with Crippen molar-refractivity contribution in [1.29, 1.82) is 0 Å². The number of aromatic nitrogens is 2. The lowest BCUT2D eigenvalue weighted by Gasteiger charge is -1.93. The molecule has 0 amide bonds. The van der Waals surface area contributed by atoms with E-state index in [1.165, 1.54) is 7.11 Å². The second-order valence-corrected chi connectivity index (χ2v) is 3.06. The molecule has 0 aromatic carbocycles. The molecular formula is C10H10N2O3. The average molecular weight is 206 g/mol. The van der Waals surface area contributed by atoms with E-state index < -0.39 is 5.97 Å². The van der Waals surface area contributed by atoms with Gasteiger partial charge in [0.1, 0.15) is 17.1 Å².